The fraction of sp³-hybridized carbons (Fsp3) is 0.125. The molecule has 0 heterocycles. The molecule has 1 unspecified atom stereocenters. The minimum atomic E-state index is 0. The van der Waals surface area contributed by atoms with E-state index in [1.165, 1.54) is 16.7 Å². The summed E-state index contributed by atoms with van der Waals surface area (Å²) in [5.41, 5.74) is 4.11. The van der Waals surface area contributed by atoms with Gasteiger partial charge in [-0.15, -0.1) is 11.6 Å². The van der Waals surface area contributed by atoms with E-state index < -0.39 is 0 Å². The predicted octanol–water partition coefficient (Wildman–Crippen LogP) is -2.15. The Morgan fingerprint density at radius 1 is 0.842 bits per heavy atom. The molecule has 1 aliphatic carbocycles. The van der Waals surface area contributed by atoms with E-state index in [4.69, 9.17) is 0 Å². The number of hydrogen-bond donors (Lipinski definition) is 0. The molecule has 0 N–H and O–H groups in total. The first kappa shape index (κ1) is 18.6. The van der Waals surface area contributed by atoms with Gasteiger partial charge in [-0.2, -0.15) is 5.56 Å². The molecule has 0 spiro atoms. The summed E-state index contributed by atoms with van der Waals surface area (Å²) in [7, 11) is 0. The van der Waals surface area contributed by atoms with Crippen LogP contribution >= 0.6 is 0 Å². The molecule has 1 aliphatic rings. The number of fused-ring (bicyclic) bond motifs is 1. The van der Waals surface area contributed by atoms with Crippen molar-refractivity contribution in [1.82, 2.24) is 0 Å². The maximum absolute atomic E-state index is 3.45. The van der Waals surface area contributed by atoms with Crippen LogP contribution in [0.3, 0.4) is 0 Å². The Labute approximate surface area is 146 Å². The molecule has 19 heavy (non-hydrogen) atoms. The van der Waals surface area contributed by atoms with Crippen molar-refractivity contribution in [2.45, 2.75) is 12.3 Å². The van der Waals surface area contributed by atoms with Crippen LogP contribution in [-0.4, -0.2) is 0 Å². The average Bonchev–Trinajstić information content (AvgIpc) is 2.74. The van der Waals surface area contributed by atoms with Crippen LogP contribution in [0.1, 0.15) is 22.6 Å². The Balaban J connectivity index is 0.00000108. The molecule has 1 atom stereocenters. The minimum absolute atomic E-state index is 0. The summed E-state index contributed by atoms with van der Waals surface area (Å²) in [6, 6.07) is 19.2. The molecule has 0 saturated heterocycles. The fourth-order valence-electron chi connectivity index (χ4n) is 2.26. The molecule has 0 fully saturated rings. The number of hydrogen-bond acceptors (Lipinski definition) is 0. The summed E-state index contributed by atoms with van der Waals surface area (Å²) in [6.45, 7) is 0. The zero-order valence-electron chi connectivity index (χ0n) is 10.3. The molecular formula is C16H13Cl2Zr. The van der Waals surface area contributed by atoms with E-state index in [2.05, 4.69) is 66.7 Å². The van der Waals surface area contributed by atoms with E-state index in [-0.39, 0.29) is 51.0 Å². The van der Waals surface area contributed by atoms with E-state index in [9.17, 15) is 0 Å². The number of benzene rings is 2. The second-order valence-corrected chi connectivity index (χ2v) is 4.18. The Hall–Kier alpha value is -0.357. The van der Waals surface area contributed by atoms with Crippen molar-refractivity contribution in [3.63, 3.8) is 0 Å². The van der Waals surface area contributed by atoms with Gasteiger partial charge >= 0.3 is 26.2 Å². The Morgan fingerprint density at radius 2 is 1.47 bits per heavy atom. The van der Waals surface area contributed by atoms with E-state index in [1.807, 2.05) is 0 Å². The fourth-order valence-corrected chi connectivity index (χ4v) is 2.26. The molecule has 0 saturated carbocycles. The van der Waals surface area contributed by atoms with Gasteiger partial charge in [0, 0.05) is 0 Å². The average molecular weight is 367 g/mol. The quantitative estimate of drug-likeness (QED) is 0.531. The zero-order valence-corrected chi connectivity index (χ0v) is 14.3. The van der Waals surface area contributed by atoms with Gasteiger partial charge in [0.15, 0.2) is 0 Å². The Bertz CT molecular complexity index is 523. The van der Waals surface area contributed by atoms with Crippen molar-refractivity contribution in [3.8, 4) is 0 Å². The van der Waals surface area contributed by atoms with Crippen molar-refractivity contribution < 1.29 is 51.0 Å². The van der Waals surface area contributed by atoms with E-state index >= 15 is 0 Å². The van der Waals surface area contributed by atoms with Crippen molar-refractivity contribution in [3.05, 3.63) is 77.4 Å². The van der Waals surface area contributed by atoms with E-state index in [0.717, 1.165) is 6.42 Å². The van der Waals surface area contributed by atoms with Crippen LogP contribution in [0.2, 0.25) is 0 Å². The van der Waals surface area contributed by atoms with Crippen LogP contribution in [0.5, 0.6) is 0 Å². The summed E-state index contributed by atoms with van der Waals surface area (Å²) in [6.07, 6.45) is 6.61. The van der Waals surface area contributed by atoms with Crippen LogP contribution in [-0.2, 0) is 32.6 Å². The maximum atomic E-state index is 3.45. The summed E-state index contributed by atoms with van der Waals surface area (Å²) < 4.78 is 0. The molecule has 95 valence electrons. The molecule has 0 aliphatic heterocycles. The van der Waals surface area contributed by atoms with Gasteiger partial charge in [-0.3, -0.25) is 6.08 Å². The third-order valence-corrected chi connectivity index (χ3v) is 3.09. The standard InChI is InChI=1S/C16H13.2ClH.Zr/c1-2-6-13(7-3-1)12-15-11-10-14-8-4-5-9-16(14)15;;;/h1-10,15H,12H2;2*1H;/q-1;;;+3/p-2. The van der Waals surface area contributed by atoms with Gasteiger partial charge in [-0.25, -0.2) is 6.08 Å². The molecule has 1 radical (unpaired) electrons. The molecule has 0 aromatic heterocycles. The van der Waals surface area contributed by atoms with Crippen molar-refractivity contribution in [2.24, 2.45) is 0 Å². The normalized spacial score (nSPS) is 14.6. The maximum Gasteiger partial charge on any atom is 3.00 e. The van der Waals surface area contributed by atoms with Crippen LogP contribution in [0, 0.1) is 6.08 Å². The van der Waals surface area contributed by atoms with E-state index in [1.54, 1.807) is 0 Å². The van der Waals surface area contributed by atoms with Crippen LogP contribution in [0.4, 0.5) is 0 Å². The van der Waals surface area contributed by atoms with Crippen LogP contribution in [0.25, 0.3) is 6.08 Å². The second kappa shape index (κ2) is 8.74. The summed E-state index contributed by atoms with van der Waals surface area (Å²) in [5, 5.41) is 0. The Kier molecular flexibility index (Phi) is 8.58. The summed E-state index contributed by atoms with van der Waals surface area (Å²) >= 11 is 0. The predicted molar refractivity (Wildman–Crippen MR) is 67.0 cm³/mol. The summed E-state index contributed by atoms with van der Waals surface area (Å²) in [4.78, 5) is 0. The van der Waals surface area contributed by atoms with Gasteiger partial charge in [0.25, 0.3) is 0 Å². The van der Waals surface area contributed by atoms with Gasteiger partial charge in [-0.05, 0) is 12.0 Å². The van der Waals surface area contributed by atoms with Gasteiger partial charge in [0.1, 0.15) is 0 Å². The molecule has 0 amide bonds. The van der Waals surface area contributed by atoms with Crippen molar-refractivity contribution >= 4 is 6.08 Å². The minimum Gasteiger partial charge on any atom is -1.00 e. The molecular weight excluding hydrogens is 354 g/mol. The molecule has 2 aromatic carbocycles. The largest absolute Gasteiger partial charge is 3.00 e. The number of allylic oxidation sites excluding steroid dienone is 1. The molecule has 0 bridgehead atoms. The molecule has 3 rings (SSSR count). The second-order valence-electron chi connectivity index (χ2n) is 4.18. The first-order valence-corrected chi connectivity index (χ1v) is 5.65. The molecule has 3 heteroatoms. The smallest absolute Gasteiger partial charge is 1.00 e. The third kappa shape index (κ3) is 4.31. The van der Waals surface area contributed by atoms with Crippen molar-refractivity contribution in [1.29, 1.82) is 0 Å². The molecule has 0 nitrogen and oxygen atoms in total. The van der Waals surface area contributed by atoms with Gasteiger partial charge in [0.05, 0.1) is 0 Å². The number of halogens is 2. The third-order valence-electron chi connectivity index (χ3n) is 3.09. The van der Waals surface area contributed by atoms with Crippen LogP contribution < -0.4 is 24.8 Å². The van der Waals surface area contributed by atoms with Crippen molar-refractivity contribution in [2.75, 3.05) is 0 Å². The van der Waals surface area contributed by atoms with E-state index in [0.29, 0.717) is 5.92 Å². The van der Waals surface area contributed by atoms with Gasteiger partial charge < -0.3 is 24.8 Å². The van der Waals surface area contributed by atoms with Gasteiger partial charge in [0.2, 0.25) is 0 Å². The first-order chi connectivity index (χ1) is 7.93. The number of rotatable bonds is 2. The summed E-state index contributed by atoms with van der Waals surface area (Å²) in [5.74, 6) is 0.429. The molecule has 2 aromatic rings. The first-order valence-electron chi connectivity index (χ1n) is 5.65. The topological polar surface area (TPSA) is 0 Å². The van der Waals surface area contributed by atoms with Crippen LogP contribution in [0.15, 0.2) is 54.6 Å². The monoisotopic (exact) mass is 365 g/mol. The van der Waals surface area contributed by atoms with Gasteiger partial charge in [-0.1, -0.05) is 54.4 Å². The Morgan fingerprint density at radius 3 is 2.21 bits per heavy atom. The SMILES string of the molecule is [C-]1=Cc2ccccc2C1Cc1ccccc1.[Cl-].[Cl-].[Zr+3]. The zero-order chi connectivity index (χ0) is 10.8.